The van der Waals surface area contributed by atoms with Gasteiger partial charge >= 0.3 is 5.97 Å². The highest BCUT2D eigenvalue weighted by Gasteiger charge is 2.32. The molecule has 7 heteroatoms. The van der Waals surface area contributed by atoms with Crippen LogP contribution in [0, 0.1) is 0 Å². The Morgan fingerprint density at radius 3 is 2.92 bits per heavy atom. The van der Waals surface area contributed by atoms with Gasteiger partial charge in [-0.2, -0.15) is 5.10 Å². The first-order valence-corrected chi connectivity index (χ1v) is 9.79. The normalized spacial score (nSPS) is 18.9. The molecule has 3 heterocycles. The second-order valence-corrected chi connectivity index (χ2v) is 8.02. The molecular formula is C19H21N3O3S. The van der Waals surface area contributed by atoms with Crippen LogP contribution in [0.15, 0.2) is 35.2 Å². The van der Waals surface area contributed by atoms with Gasteiger partial charge in [0.15, 0.2) is 0 Å². The molecule has 1 atom stereocenters. The summed E-state index contributed by atoms with van der Waals surface area (Å²) in [5.41, 5.74) is 3.04. The minimum absolute atomic E-state index is 0.0478. The van der Waals surface area contributed by atoms with Gasteiger partial charge in [-0.05, 0) is 30.5 Å². The molecule has 1 amide bonds. The van der Waals surface area contributed by atoms with Gasteiger partial charge in [-0.15, -0.1) is 11.8 Å². The zero-order valence-corrected chi connectivity index (χ0v) is 15.2. The number of aromatic nitrogens is 2. The van der Waals surface area contributed by atoms with Crippen LogP contribution in [0.1, 0.15) is 29.8 Å². The second-order valence-electron chi connectivity index (χ2n) is 6.78. The molecule has 0 radical (unpaired) electrons. The number of hydrogen-bond donors (Lipinski definition) is 1. The lowest BCUT2D eigenvalue weighted by atomic mass is 10.1. The molecule has 2 aliphatic heterocycles. The second kappa shape index (κ2) is 7.15. The third kappa shape index (κ3) is 3.49. The predicted octanol–water partition coefficient (Wildman–Crippen LogP) is 2.35. The molecule has 1 aromatic carbocycles. The first-order valence-electron chi connectivity index (χ1n) is 8.91. The Bertz CT molecular complexity index is 823. The van der Waals surface area contributed by atoms with Crippen LogP contribution in [-0.4, -0.2) is 43.5 Å². The fourth-order valence-corrected chi connectivity index (χ4v) is 4.87. The van der Waals surface area contributed by atoms with Crippen molar-refractivity contribution in [2.45, 2.75) is 48.9 Å². The van der Waals surface area contributed by atoms with Crippen molar-refractivity contribution in [3.63, 3.8) is 0 Å². The summed E-state index contributed by atoms with van der Waals surface area (Å²) in [6.07, 6.45) is 2.16. The molecule has 0 saturated heterocycles. The fourth-order valence-electron chi connectivity index (χ4n) is 3.59. The summed E-state index contributed by atoms with van der Waals surface area (Å²) < 4.78 is 1.93. The molecule has 2 aromatic rings. The van der Waals surface area contributed by atoms with Gasteiger partial charge in [-0.1, -0.05) is 18.2 Å². The third-order valence-corrected chi connectivity index (χ3v) is 6.20. The fraction of sp³-hybridized carbons (Fsp3) is 0.421. The maximum Gasteiger partial charge on any atom is 0.303 e. The average molecular weight is 371 g/mol. The first-order chi connectivity index (χ1) is 12.6. The molecule has 4 rings (SSSR count). The van der Waals surface area contributed by atoms with Gasteiger partial charge in [-0.25, -0.2) is 0 Å². The van der Waals surface area contributed by atoms with Crippen molar-refractivity contribution >= 4 is 23.6 Å². The van der Waals surface area contributed by atoms with E-state index in [0.717, 1.165) is 37.3 Å². The minimum atomic E-state index is -0.817. The summed E-state index contributed by atoms with van der Waals surface area (Å²) in [5.74, 6) is -0.629. The molecule has 2 aliphatic rings. The first kappa shape index (κ1) is 17.1. The minimum Gasteiger partial charge on any atom is -0.481 e. The number of amides is 1. The molecule has 6 nitrogen and oxygen atoms in total. The van der Waals surface area contributed by atoms with Crippen molar-refractivity contribution in [1.82, 2.24) is 14.7 Å². The number of carboxylic acids is 1. The standard InChI is InChI=1S/C19H21N3O3S/c23-18(24)7-6-14-11-15-12-21(8-3-9-22(15)20-14)19(25)17-10-13-4-1-2-5-16(13)26-17/h1-2,4-5,11,17H,3,6-10,12H2,(H,23,24)/t17-/m1/s1. The quantitative estimate of drug-likeness (QED) is 0.893. The molecule has 0 bridgehead atoms. The molecule has 0 saturated carbocycles. The van der Waals surface area contributed by atoms with Crippen molar-refractivity contribution < 1.29 is 14.7 Å². The van der Waals surface area contributed by atoms with Crippen LogP contribution < -0.4 is 0 Å². The zero-order chi connectivity index (χ0) is 18.1. The van der Waals surface area contributed by atoms with Crippen LogP contribution >= 0.6 is 11.8 Å². The molecule has 0 unspecified atom stereocenters. The number of thioether (sulfide) groups is 1. The number of hydrogen-bond acceptors (Lipinski definition) is 4. The molecule has 1 aromatic heterocycles. The van der Waals surface area contributed by atoms with Crippen LogP contribution in [0.5, 0.6) is 0 Å². The average Bonchev–Trinajstić information content (AvgIpc) is 3.17. The van der Waals surface area contributed by atoms with E-state index in [9.17, 15) is 9.59 Å². The number of carbonyl (C=O) groups is 2. The molecule has 26 heavy (non-hydrogen) atoms. The number of benzene rings is 1. The van der Waals surface area contributed by atoms with Gasteiger partial charge in [0.1, 0.15) is 0 Å². The molecule has 0 aliphatic carbocycles. The highest BCUT2D eigenvalue weighted by molar-refractivity contribution is 8.01. The molecule has 136 valence electrons. The molecule has 0 fully saturated rings. The van der Waals surface area contributed by atoms with Gasteiger partial charge < -0.3 is 10.0 Å². The molecular weight excluding hydrogens is 350 g/mol. The van der Waals surface area contributed by atoms with Crippen molar-refractivity contribution in [3.8, 4) is 0 Å². The van der Waals surface area contributed by atoms with Gasteiger partial charge in [0.2, 0.25) is 5.91 Å². The number of rotatable bonds is 4. The lowest BCUT2D eigenvalue weighted by Crippen LogP contribution is -2.37. The zero-order valence-electron chi connectivity index (χ0n) is 14.4. The predicted molar refractivity (Wildman–Crippen MR) is 98.0 cm³/mol. The molecule has 0 spiro atoms. The maximum absolute atomic E-state index is 13.1. The van der Waals surface area contributed by atoms with Crippen molar-refractivity contribution in [2.24, 2.45) is 0 Å². The third-order valence-electron chi connectivity index (χ3n) is 4.89. The van der Waals surface area contributed by atoms with E-state index in [1.807, 2.05) is 27.8 Å². The Hall–Kier alpha value is -2.28. The Morgan fingerprint density at radius 1 is 1.27 bits per heavy atom. The van der Waals surface area contributed by atoms with E-state index in [2.05, 4.69) is 17.2 Å². The van der Waals surface area contributed by atoms with E-state index in [-0.39, 0.29) is 17.6 Å². The largest absolute Gasteiger partial charge is 0.481 e. The summed E-state index contributed by atoms with van der Waals surface area (Å²) in [6.45, 7) is 2.05. The van der Waals surface area contributed by atoms with Crippen molar-refractivity contribution in [2.75, 3.05) is 6.54 Å². The number of carbonyl (C=O) groups excluding carboxylic acids is 1. The summed E-state index contributed by atoms with van der Waals surface area (Å²) in [4.78, 5) is 27.0. The van der Waals surface area contributed by atoms with Crippen molar-refractivity contribution in [1.29, 1.82) is 0 Å². The topological polar surface area (TPSA) is 75.4 Å². The van der Waals surface area contributed by atoms with E-state index in [4.69, 9.17) is 5.11 Å². The highest BCUT2D eigenvalue weighted by Crippen LogP contribution is 2.38. The van der Waals surface area contributed by atoms with Crippen LogP contribution in [0.3, 0.4) is 0 Å². The maximum atomic E-state index is 13.1. The van der Waals surface area contributed by atoms with Crippen LogP contribution in [0.4, 0.5) is 0 Å². The summed E-state index contributed by atoms with van der Waals surface area (Å²) in [7, 11) is 0. The van der Waals surface area contributed by atoms with E-state index in [1.54, 1.807) is 11.8 Å². The highest BCUT2D eigenvalue weighted by atomic mass is 32.2. The SMILES string of the molecule is O=C(O)CCc1cc2n(n1)CCCN(C(=O)[C@H]1Cc3ccccc3S1)C2. The van der Waals surface area contributed by atoms with Gasteiger partial charge in [0.25, 0.3) is 0 Å². The number of carboxylic acid groups (broad SMARTS) is 1. The smallest absolute Gasteiger partial charge is 0.303 e. The Morgan fingerprint density at radius 2 is 2.12 bits per heavy atom. The number of nitrogens with zero attached hydrogens (tertiary/aromatic N) is 3. The number of fused-ring (bicyclic) bond motifs is 2. The summed E-state index contributed by atoms with van der Waals surface area (Å²) in [5, 5.41) is 13.3. The summed E-state index contributed by atoms with van der Waals surface area (Å²) >= 11 is 1.66. The van der Waals surface area contributed by atoms with Crippen molar-refractivity contribution in [3.05, 3.63) is 47.3 Å². The van der Waals surface area contributed by atoms with Crippen LogP contribution in [0.2, 0.25) is 0 Å². The van der Waals surface area contributed by atoms with Gasteiger partial charge in [-0.3, -0.25) is 14.3 Å². The Labute approximate surface area is 156 Å². The van der Waals surface area contributed by atoms with E-state index < -0.39 is 5.97 Å². The number of aliphatic carboxylic acids is 1. The van der Waals surface area contributed by atoms with Crippen LogP contribution in [0.25, 0.3) is 0 Å². The monoisotopic (exact) mass is 371 g/mol. The van der Waals surface area contributed by atoms with E-state index >= 15 is 0 Å². The Kier molecular flexibility index (Phi) is 4.72. The Balaban J connectivity index is 1.45. The summed E-state index contributed by atoms with van der Waals surface area (Å²) in [6, 6.07) is 10.2. The lowest BCUT2D eigenvalue weighted by molar-refractivity contribution is -0.137. The van der Waals surface area contributed by atoms with Crippen LogP contribution in [-0.2, 0) is 35.5 Å². The van der Waals surface area contributed by atoms with Gasteiger partial charge in [0.05, 0.1) is 29.6 Å². The van der Waals surface area contributed by atoms with E-state index in [1.165, 1.54) is 10.5 Å². The van der Waals surface area contributed by atoms with Gasteiger partial charge in [0, 0.05) is 24.4 Å². The molecule has 1 N–H and O–H groups in total. The number of aryl methyl sites for hydroxylation is 2. The van der Waals surface area contributed by atoms with E-state index in [0.29, 0.717) is 13.0 Å². The lowest BCUT2D eigenvalue weighted by Gasteiger charge is -2.23.